The van der Waals surface area contributed by atoms with Gasteiger partial charge in [0.2, 0.25) is 11.8 Å². The van der Waals surface area contributed by atoms with E-state index in [1.807, 2.05) is 30.3 Å². The third-order valence-electron chi connectivity index (χ3n) is 5.90. The Morgan fingerprint density at radius 2 is 1.96 bits per heavy atom. The van der Waals surface area contributed by atoms with E-state index in [1.54, 1.807) is 23.3 Å². The van der Waals surface area contributed by atoms with E-state index in [4.69, 9.17) is 4.74 Å². The van der Waals surface area contributed by atoms with Crippen LogP contribution in [0.2, 0.25) is 0 Å². The number of carbonyl (C=O) groups excluding carboxylic acids is 2. The molecule has 6 heteroatoms. The molecule has 148 valence electrons. The number of nitrogens with zero attached hydrogens (tertiary/aromatic N) is 1. The van der Waals surface area contributed by atoms with Crippen LogP contribution in [-0.4, -0.2) is 25.5 Å². The summed E-state index contributed by atoms with van der Waals surface area (Å²) in [4.78, 5) is 28.5. The number of carbonyl (C=O) groups is 2. The zero-order chi connectivity index (χ0) is 19.5. The van der Waals surface area contributed by atoms with Crippen LogP contribution >= 0.6 is 11.3 Å². The predicted octanol–water partition coefficient (Wildman–Crippen LogP) is 4.16. The van der Waals surface area contributed by atoms with Crippen molar-refractivity contribution >= 4 is 28.8 Å². The average molecular weight is 399 g/mol. The number of hydrogen-bond donors (Lipinski definition) is 1. The van der Waals surface area contributed by atoms with Crippen molar-refractivity contribution in [1.29, 1.82) is 0 Å². The zero-order valence-electron chi connectivity index (χ0n) is 16.1. The van der Waals surface area contributed by atoms with E-state index in [2.05, 4.69) is 16.8 Å². The van der Waals surface area contributed by atoms with Crippen molar-refractivity contribution in [3.8, 4) is 5.75 Å². The highest BCUT2D eigenvalue weighted by Crippen LogP contribution is 2.38. The van der Waals surface area contributed by atoms with Crippen molar-refractivity contribution in [2.24, 2.45) is 11.8 Å². The van der Waals surface area contributed by atoms with Crippen LogP contribution in [0.1, 0.15) is 43.0 Å². The van der Waals surface area contributed by atoms with Crippen molar-refractivity contribution < 1.29 is 14.3 Å². The number of ether oxygens (including phenoxy) is 1. The van der Waals surface area contributed by atoms with Crippen LogP contribution in [0.3, 0.4) is 0 Å². The van der Waals surface area contributed by atoms with Gasteiger partial charge < -0.3 is 15.0 Å². The summed E-state index contributed by atoms with van der Waals surface area (Å²) in [6.45, 7) is 0.429. The molecule has 2 fully saturated rings. The number of thiophene rings is 1. The van der Waals surface area contributed by atoms with E-state index in [-0.39, 0.29) is 30.2 Å². The lowest BCUT2D eigenvalue weighted by molar-refractivity contribution is -0.127. The molecule has 2 aliphatic rings. The van der Waals surface area contributed by atoms with Crippen LogP contribution in [-0.2, 0) is 9.59 Å². The molecule has 1 saturated heterocycles. The van der Waals surface area contributed by atoms with Gasteiger partial charge in [0, 0.05) is 23.5 Å². The van der Waals surface area contributed by atoms with Gasteiger partial charge in [0.05, 0.1) is 19.1 Å². The summed E-state index contributed by atoms with van der Waals surface area (Å²) in [5.74, 6) is 0.935. The first-order valence-corrected chi connectivity index (χ1v) is 10.8. The first-order valence-electron chi connectivity index (χ1n) is 9.94. The molecule has 2 heterocycles. The highest BCUT2D eigenvalue weighted by molar-refractivity contribution is 7.10. The second-order valence-electron chi connectivity index (χ2n) is 7.65. The molecule has 0 spiro atoms. The molecule has 0 unspecified atom stereocenters. The van der Waals surface area contributed by atoms with Crippen LogP contribution in [0, 0.1) is 11.8 Å². The van der Waals surface area contributed by atoms with Crippen LogP contribution in [0.5, 0.6) is 5.75 Å². The standard InChI is InChI=1S/C22H26N2O3S/c1-27-18-10-8-17(9-11-18)24-14-16(13-20(24)25)22(26)23-21(15-5-2-3-6-15)19-7-4-12-28-19/h4,7-12,15-16,21H,2-3,5-6,13-14H2,1H3,(H,23,26)/t16-,21-/m1/s1. The normalized spacial score (nSPS) is 21.1. The number of rotatable bonds is 6. The number of methoxy groups -OCH3 is 1. The average Bonchev–Trinajstić information content (AvgIpc) is 3.48. The smallest absolute Gasteiger partial charge is 0.227 e. The summed E-state index contributed by atoms with van der Waals surface area (Å²) < 4.78 is 5.18. The molecule has 1 aromatic carbocycles. The Morgan fingerprint density at radius 3 is 2.61 bits per heavy atom. The molecule has 0 radical (unpaired) electrons. The summed E-state index contributed by atoms with van der Waals surface area (Å²) in [5.41, 5.74) is 0.812. The van der Waals surface area contributed by atoms with E-state index in [9.17, 15) is 9.59 Å². The Labute approximate surface area is 169 Å². The first-order chi connectivity index (χ1) is 13.7. The van der Waals surface area contributed by atoms with Gasteiger partial charge in [-0.1, -0.05) is 18.9 Å². The van der Waals surface area contributed by atoms with Crippen molar-refractivity contribution in [1.82, 2.24) is 5.32 Å². The maximum absolute atomic E-state index is 13.0. The van der Waals surface area contributed by atoms with Crippen LogP contribution in [0.15, 0.2) is 41.8 Å². The summed E-state index contributed by atoms with van der Waals surface area (Å²) in [6, 6.07) is 11.6. The van der Waals surface area contributed by atoms with Crippen molar-refractivity contribution in [2.75, 3.05) is 18.6 Å². The topological polar surface area (TPSA) is 58.6 Å². The number of anilines is 1. The summed E-state index contributed by atoms with van der Waals surface area (Å²) in [6.07, 6.45) is 5.04. The predicted molar refractivity (Wildman–Crippen MR) is 111 cm³/mol. The minimum Gasteiger partial charge on any atom is -0.497 e. The first kappa shape index (κ1) is 19.0. The van der Waals surface area contributed by atoms with Gasteiger partial charge in [-0.05, 0) is 54.5 Å². The molecule has 2 amide bonds. The minimum atomic E-state index is -0.307. The Morgan fingerprint density at radius 1 is 1.21 bits per heavy atom. The molecule has 5 nitrogen and oxygen atoms in total. The number of amides is 2. The SMILES string of the molecule is COc1ccc(N2C[C@H](C(=O)N[C@@H](c3cccs3)C3CCCC3)CC2=O)cc1. The van der Waals surface area contributed by atoms with Crippen LogP contribution < -0.4 is 15.0 Å². The Balaban J connectivity index is 1.44. The van der Waals surface area contributed by atoms with Gasteiger partial charge in [0.1, 0.15) is 5.75 Å². The lowest BCUT2D eigenvalue weighted by Gasteiger charge is -2.25. The molecule has 1 N–H and O–H groups in total. The number of nitrogens with one attached hydrogen (secondary N) is 1. The van der Waals surface area contributed by atoms with Crippen LogP contribution in [0.4, 0.5) is 5.69 Å². The molecular weight excluding hydrogens is 372 g/mol. The fraction of sp³-hybridized carbons (Fsp3) is 0.455. The summed E-state index contributed by atoms with van der Waals surface area (Å²) in [7, 11) is 1.62. The van der Waals surface area contributed by atoms with Crippen molar-refractivity contribution in [3.05, 3.63) is 46.7 Å². The third kappa shape index (κ3) is 3.92. The molecule has 2 aromatic rings. The van der Waals surface area contributed by atoms with Crippen molar-refractivity contribution in [2.45, 2.75) is 38.1 Å². The van der Waals surface area contributed by atoms with Gasteiger partial charge in [-0.2, -0.15) is 0 Å². The molecule has 1 aliphatic heterocycles. The van der Waals surface area contributed by atoms with E-state index in [0.717, 1.165) is 24.3 Å². The molecule has 4 rings (SSSR count). The Bertz CT molecular complexity index is 813. The second kappa shape index (κ2) is 8.35. The largest absolute Gasteiger partial charge is 0.497 e. The number of benzene rings is 1. The maximum Gasteiger partial charge on any atom is 0.227 e. The minimum absolute atomic E-state index is 0.00106. The maximum atomic E-state index is 13.0. The van der Waals surface area contributed by atoms with Gasteiger partial charge >= 0.3 is 0 Å². The molecule has 28 heavy (non-hydrogen) atoms. The van der Waals surface area contributed by atoms with E-state index in [1.165, 1.54) is 17.7 Å². The molecule has 1 aliphatic carbocycles. The second-order valence-corrected chi connectivity index (χ2v) is 8.63. The van der Waals surface area contributed by atoms with Gasteiger partial charge in [-0.25, -0.2) is 0 Å². The zero-order valence-corrected chi connectivity index (χ0v) is 16.9. The van der Waals surface area contributed by atoms with Gasteiger partial charge in [-0.3, -0.25) is 9.59 Å². The van der Waals surface area contributed by atoms with E-state index < -0.39 is 0 Å². The summed E-state index contributed by atoms with van der Waals surface area (Å²) >= 11 is 1.70. The monoisotopic (exact) mass is 398 g/mol. The highest BCUT2D eigenvalue weighted by atomic mass is 32.1. The molecule has 1 aromatic heterocycles. The van der Waals surface area contributed by atoms with Crippen molar-refractivity contribution in [3.63, 3.8) is 0 Å². The Kier molecular flexibility index (Phi) is 5.67. The molecular formula is C22H26N2O3S. The number of hydrogen-bond acceptors (Lipinski definition) is 4. The van der Waals surface area contributed by atoms with Gasteiger partial charge in [-0.15, -0.1) is 11.3 Å². The lowest BCUT2D eigenvalue weighted by atomic mass is 9.95. The highest BCUT2D eigenvalue weighted by Gasteiger charge is 2.37. The Hall–Kier alpha value is -2.34. The molecule has 0 bridgehead atoms. The fourth-order valence-electron chi connectivity index (χ4n) is 4.35. The molecule has 2 atom stereocenters. The fourth-order valence-corrected chi connectivity index (χ4v) is 5.22. The van der Waals surface area contributed by atoms with Gasteiger partial charge in [0.25, 0.3) is 0 Å². The van der Waals surface area contributed by atoms with Crippen LogP contribution in [0.25, 0.3) is 0 Å². The van der Waals surface area contributed by atoms with Gasteiger partial charge in [0.15, 0.2) is 0 Å². The lowest BCUT2D eigenvalue weighted by Crippen LogP contribution is -2.37. The van der Waals surface area contributed by atoms with E-state index >= 15 is 0 Å². The summed E-state index contributed by atoms with van der Waals surface area (Å²) in [5, 5.41) is 5.35. The third-order valence-corrected chi connectivity index (χ3v) is 6.85. The van der Waals surface area contributed by atoms with E-state index in [0.29, 0.717) is 12.5 Å². The molecule has 1 saturated carbocycles. The quantitative estimate of drug-likeness (QED) is 0.795.